The second-order valence-corrected chi connectivity index (χ2v) is 7.63. The minimum Gasteiger partial charge on any atom is -0.508 e. The number of halogens is 3. The highest BCUT2D eigenvalue weighted by atomic mass is 35.5. The molecule has 0 aromatic heterocycles. The predicted octanol–water partition coefficient (Wildman–Crippen LogP) is 5.49. The lowest BCUT2D eigenvalue weighted by Gasteiger charge is -2.16. The van der Waals surface area contributed by atoms with E-state index in [1.54, 1.807) is 18.2 Å². The molecule has 0 aliphatic rings. The van der Waals surface area contributed by atoms with Gasteiger partial charge < -0.3 is 14.7 Å². The molecule has 0 heterocycles. The molecule has 0 saturated carbocycles. The molecule has 3 nitrogen and oxygen atoms in total. The van der Waals surface area contributed by atoms with E-state index in [2.05, 4.69) is 0 Å². The molecule has 0 unspecified atom stereocenters. The summed E-state index contributed by atoms with van der Waals surface area (Å²) in [7, 11) is 3.92. The molecule has 2 aromatic rings. The minimum absolute atomic E-state index is 0.0388. The summed E-state index contributed by atoms with van der Waals surface area (Å²) >= 11 is 12.7. The first kappa shape index (κ1) is 20.8. The lowest BCUT2D eigenvalue weighted by Crippen LogP contribution is -2.19. The van der Waals surface area contributed by atoms with Crippen LogP contribution in [0.25, 0.3) is 0 Å². The van der Waals surface area contributed by atoms with Gasteiger partial charge in [-0.15, -0.1) is 0 Å². The van der Waals surface area contributed by atoms with Crippen molar-refractivity contribution in [2.75, 3.05) is 27.2 Å². The third-order valence-corrected chi connectivity index (χ3v) is 4.78. The van der Waals surface area contributed by atoms with Crippen LogP contribution in [0.15, 0.2) is 24.3 Å². The molecule has 0 fully saturated rings. The number of likely N-dealkylation sites (N-methyl/N-ethyl adjacent to an activating group) is 1. The first-order chi connectivity index (χ1) is 12.2. The van der Waals surface area contributed by atoms with Crippen LogP contribution < -0.4 is 4.74 Å². The lowest BCUT2D eigenvalue weighted by atomic mass is 9.95. The van der Waals surface area contributed by atoms with Crippen molar-refractivity contribution in [1.82, 2.24) is 4.90 Å². The first-order valence-electron chi connectivity index (χ1n) is 8.46. The zero-order valence-electron chi connectivity index (χ0n) is 15.4. The Morgan fingerprint density at radius 2 is 1.77 bits per heavy atom. The van der Waals surface area contributed by atoms with Crippen LogP contribution in [-0.2, 0) is 6.42 Å². The monoisotopic (exact) mass is 399 g/mol. The summed E-state index contributed by atoms with van der Waals surface area (Å²) in [5, 5.41) is 10.8. The summed E-state index contributed by atoms with van der Waals surface area (Å²) in [6.45, 7) is 4.96. The van der Waals surface area contributed by atoms with Crippen LogP contribution in [0.2, 0.25) is 10.0 Å². The van der Waals surface area contributed by atoms with Crippen molar-refractivity contribution in [3.8, 4) is 11.5 Å². The third-order valence-electron chi connectivity index (χ3n) is 4.10. The van der Waals surface area contributed by atoms with Gasteiger partial charge in [0, 0.05) is 28.6 Å². The largest absolute Gasteiger partial charge is 0.508 e. The molecule has 0 saturated heterocycles. The Labute approximate surface area is 164 Å². The van der Waals surface area contributed by atoms with E-state index < -0.39 is 5.82 Å². The quantitative estimate of drug-likeness (QED) is 0.667. The van der Waals surface area contributed by atoms with Crippen molar-refractivity contribution in [3.05, 3.63) is 56.8 Å². The van der Waals surface area contributed by atoms with Crippen LogP contribution in [0.5, 0.6) is 11.5 Å². The summed E-state index contributed by atoms with van der Waals surface area (Å²) in [4.78, 5) is 2.01. The molecule has 0 bridgehead atoms. The molecular formula is C20H24Cl2FNO2. The van der Waals surface area contributed by atoms with E-state index in [0.717, 1.165) is 6.54 Å². The maximum Gasteiger partial charge on any atom is 0.133 e. The van der Waals surface area contributed by atoms with Crippen LogP contribution in [0.1, 0.15) is 36.5 Å². The minimum atomic E-state index is -0.418. The molecule has 26 heavy (non-hydrogen) atoms. The van der Waals surface area contributed by atoms with E-state index in [1.807, 2.05) is 32.8 Å². The van der Waals surface area contributed by atoms with E-state index in [4.69, 9.17) is 27.9 Å². The highest BCUT2D eigenvalue weighted by Crippen LogP contribution is 2.35. The van der Waals surface area contributed by atoms with Crippen molar-refractivity contribution < 1.29 is 14.2 Å². The number of phenols is 1. The molecule has 0 amide bonds. The molecule has 2 aromatic carbocycles. The third kappa shape index (κ3) is 5.03. The zero-order chi connectivity index (χ0) is 19.4. The maximum absolute atomic E-state index is 14.8. The topological polar surface area (TPSA) is 32.7 Å². The Morgan fingerprint density at radius 3 is 2.31 bits per heavy atom. The van der Waals surface area contributed by atoms with Crippen LogP contribution in [-0.4, -0.2) is 37.3 Å². The van der Waals surface area contributed by atoms with Crippen LogP contribution >= 0.6 is 23.2 Å². The summed E-state index contributed by atoms with van der Waals surface area (Å²) < 4.78 is 20.4. The Bertz CT molecular complexity index is 756. The number of hydrogen-bond acceptors (Lipinski definition) is 3. The summed E-state index contributed by atoms with van der Waals surface area (Å²) in [6.07, 6.45) is 0.238. The summed E-state index contributed by atoms with van der Waals surface area (Å²) in [6, 6.07) is 6.46. The number of ether oxygens (including phenoxy) is 1. The molecule has 1 N–H and O–H groups in total. The SMILES string of the molecule is CC(C)c1c(O)ccc(Cc2c(Cl)cc(OCCN(C)C)cc2Cl)c1F. The van der Waals surface area contributed by atoms with Gasteiger partial charge in [-0.25, -0.2) is 4.39 Å². The molecule has 142 valence electrons. The van der Waals surface area contributed by atoms with Crippen molar-refractivity contribution in [1.29, 1.82) is 0 Å². The fraction of sp³-hybridized carbons (Fsp3) is 0.400. The Hall–Kier alpha value is -1.49. The number of aromatic hydroxyl groups is 1. The number of hydrogen-bond donors (Lipinski definition) is 1. The van der Waals surface area contributed by atoms with Gasteiger partial charge in [0.05, 0.1) is 0 Å². The smallest absolute Gasteiger partial charge is 0.133 e. The van der Waals surface area contributed by atoms with Gasteiger partial charge in [-0.2, -0.15) is 0 Å². The van der Waals surface area contributed by atoms with Gasteiger partial charge in [-0.05, 0) is 49.3 Å². The average molecular weight is 400 g/mol. The van der Waals surface area contributed by atoms with Crippen LogP contribution in [0, 0.1) is 5.82 Å². The van der Waals surface area contributed by atoms with Gasteiger partial charge in [0.2, 0.25) is 0 Å². The predicted molar refractivity (Wildman–Crippen MR) is 105 cm³/mol. The molecule has 0 radical (unpaired) electrons. The number of phenolic OH excluding ortho intramolecular Hbond substituents is 1. The number of nitrogens with zero attached hydrogens (tertiary/aromatic N) is 1. The van der Waals surface area contributed by atoms with Crippen molar-refractivity contribution in [3.63, 3.8) is 0 Å². The van der Waals surface area contributed by atoms with Gasteiger partial charge >= 0.3 is 0 Å². The van der Waals surface area contributed by atoms with E-state index in [1.165, 1.54) is 6.07 Å². The molecule has 0 spiro atoms. The van der Waals surface area contributed by atoms with Crippen LogP contribution in [0.3, 0.4) is 0 Å². The standard InChI is InChI=1S/C20H24Cl2FNO2/c1-12(2)19-18(25)6-5-13(20(19)23)9-15-16(21)10-14(11-17(15)22)26-8-7-24(3)4/h5-6,10-12,25H,7-9H2,1-4H3. The number of rotatable bonds is 7. The van der Waals surface area contributed by atoms with Crippen molar-refractivity contribution >= 4 is 23.2 Å². The van der Waals surface area contributed by atoms with E-state index in [0.29, 0.717) is 39.1 Å². The molecule has 0 aliphatic carbocycles. The summed E-state index contributed by atoms with van der Waals surface area (Å²) in [5.41, 5.74) is 1.38. The zero-order valence-corrected chi connectivity index (χ0v) is 17.0. The second kappa shape index (κ2) is 8.94. The summed E-state index contributed by atoms with van der Waals surface area (Å²) in [5.74, 6) is -0.00505. The van der Waals surface area contributed by atoms with Gasteiger partial charge in [0.1, 0.15) is 23.9 Å². The Kier molecular flexibility index (Phi) is 7.16. The van der Waals surface area contributed by atoms with Crippen molar-refractivity contribution in [2.45, 2.75) is 26.2 Å². The maximum atomic E-state index is 14.8. The average Bonchev–Trinajstić information content (AvgIpc) is 2.52. The van der Waals surface area contributed by atoms with E-state index >= 15 is 0 Å². The normalized spacial score (nSPS) is 11.4. The Morgan fingerprint density at radius 1 is 1.15 bits per heavy atom. The molecule has 2 rings (SSSR count). The van der Waals surface area contributed by atoms with E-state index in [-0.39, 0.29) is 18.1 Å². The molecule has 0 atom stereocenters. The second-order valence-electron chi connectivity index (χ2n) is 6.82. The number of benzene rings is 2. The molecule has 0 aliphatic heterocycles. The molecular weight excluding hydrogens is 376 g/mol. The van der Waals surface area contributed by atoms with Crippen LogP contribution in [0.4, 0.5) is 4.39 Å². The molecule has 6 heteroatoms. The van der Waals surface area contributed by atoms with Gasteiger partial charge in [0.25, 0.3) is 0 Å². The first-order valence-corrected chi connectivity index (χ1v) is 9.22. The Balaban J connectivity index is 2.26. The highest BCUT2D eigenvalue weighted by Gasteiger charge is 2.18. The van der Waals surface area contributed by atoms with E-state index in [9.17, 15) is 9.50 Å². The highest BCUT2D eigenvalue weighted by molar-refractivity contribution is 6.36. The van der Waals surface area contributed by atoms with Gasteiger partial charge in [-0.3, -0.25) is 0 Å². The fourth-order valence-corrected chi connectivity index (χ4v) is 3.28. The van der Waals surface area contributed by atoms with Gasteiger partial charge in [0.15, 0.2) is 0 Å². The fourth-order valence-electron chi connectivity index (χ4n) is 2.68. The lowest BCUT2D eigenvalue weighted by molar-refractivity contribution is 0.261. The van der Waals surface area contributed by atoms with Crippen molar-refractivity contribution in [2.24, 2.45) is 0 Å². The van der Waals surface area contributed by atoms with Gasteiger partial charge in [-0.1, -0.05) is 43.1 Å².